The highest BCUT2D eigenvalue weighted by molar-refractivity contribution is 5.83. The molecule has 0 aliphatic carbocycles. The van der Waals surface area contributed by atoms with Gasteiger partial charge in [0.05, 0.1) is 6.04 Å². The van der Waals surface area contributed by atoms with E-state index in [-0.39, 0.29) is 17.5 Å². The monoisotopic (exact) mass is 260 g/mol. The van der Waals surface area contributed by atoms with Gasteiger partial charge in [-0.3, -0.25) is 4.79 Å². The standard InChI is InChI=1S/C16H24N2O/c1-3-4-10-16(2)12-17-14(15(19)18-16)11-13-8-6-5-7-9-13/h5-9,14,17H,3-4,10-12H2,1-2H3,(H,18,19). The molecule has 1 aliphatic rings. The molecule has 1 aromatic carbocycles. The Hall–Kier alpha value is -1.35. The van der Waals surface area contributed by atoms with Gasteiger partial charge in [-0.2, -0.15) is 0 Å². The highest BCUT2D eigenvalue weighted by Crippen LogP contribution is 2.17. The third kappa shape index (κ3) is 3.80. The van der Waals surface area contributed by atoms with Crippen LogP contribution < -0.4 is 10.6 Å². The Morgan fingerprint density at radius 3 is 2.68 bits per heavy atom. The topological polar surface area (TPSA) is 41.1 Å². The average Bonchev–Trinajstić information content (AvgIpc) is 2.41. The summed E-state index contributed by atoms with van der Waals surface area (Å²) in [5.41, 5.74) is 1.12. The maximum atomic E-state index is 12.2. The molecule has 0 saturated carbocycles. The number of piperazine rings is 1. The second kappa shape index (κ2) is 6.20. The molecule has 0 radical (unpaired) electrons. The molecule has 1 saturated heterocycles. The number of hydrogen-bond acceptors (Lipinski definition) is 2. The Balaban J connectivity index is 1.92. The van der Waals surface area contributed by atoms with Crippen molar-refractivity contribution in [3.8, 4) is 0 Å². The number of benzene rings is 1. The normalized spacial score (nSPS) is 27.1. The Bertz CT molecular complexity index is 418. The molecule has 19 heavy (non-hydrogen) atoms. The van der Waals surface area contributed by atoms with Gasteiger partial charge in [-0.1, -0.05) is 50.1 Å². The molecule has 2 N–H and O–H groups in total. The number of amides is 1. The van der Waals surface area contributed by atoms with Gasteiger partial charge in [-0.15, -0.1) is 0 Å². The van der Waals surface area contributed by atoms with Crippen molar-refractivity contribution in [3.63, 3.8) is 0 Å². The largest absolute Gasteiger partial charge is 0.348 e. The van der Waals surface area contributed by atoms with E-state index in [1.165, 1.54) is 12.0 Å². The van der Waals surface area contributed by atoms with Crippen molar-refractivity contribution in [2.24, 2.45) is 0 Å². The first-order valence-corrected chi connectivity index (χ1v) is 7.22. The summed E-state index contributed by atoms with van der Waals surface area (Å²) in [5, 5.41) is 6.60. The van der Waals surface area contributed by atoms with E-state index in [1.54, 1.807) is 0 Å². The molecule has 2 unspecified atom stereocenters. The molecule has 2 rings (SSSR count). The smallest absolute Gasteiger partial charge is 0.237 e. The molecule has 1 heterocycles. The highest BCUT2D eigenvalue weighted by atomic mass is 16.2. The summed E-state index contributed by atoms with van der Waals surface area (Å²) in [6.45, 7) is 5.17. The lowest BCUT2D eigenvalue weighted by Gasteiger charge is -2.39. The summed E-state index contributed by atoms with van der Waals surface area (Å²) in [7, 11) is 0. The first kappa shape index (κ1) is 14.1. The van der Waals surface area contributed by atoms with Crippen molar-refractivity contribution in [2.45, 2.75) is 51.1 Å². The van der Waals surface area contributed by atoms with Gasteiger partial charge in [0.15, 0.2) is 0 Å². The Morgan fingerprint density at radius 1 is 1.32 bits per heavy atom. The fourth-order valence-electron chi connectivity index (χ4n) is 2.60. The summed E-state index contributed by atoms with van der Waals surface area (Å²) in [6, 6.07) is 10.1. The lowest BCUT2D eigenvalue weighted by atomic mass is 9.90. The van der Waals surface area contributed by atoms with E-state index in [0.717, 1.165) is 25.8 Å². The van der Waals surface area contributed by atoms with Gasteiger partial charge >= 0.3 is 0 Å². The number of unbranched alkanes of at least 4 members (excludes halogenated alkanes) is 1. The van der Waals surface area contributed by atoms with Crippen LogP contribution in [0.25, 0.3) is 0 Å². The molecule has 3 nitrogen and oxygen atoms in total. The van der Waals surface area contributed by atoms with Gasteiger partial charge < -0.3 is 10.6 Å². The molecule has 0 bridgehead atoms. The second-order valence-electron chi connectivity index (χ2n) is 5.78. The van der Waals surface area contributed by atoms with Crippen LogP contribution in [0.1, 0.15) is 38.7 Å². The van der Waals surface area contributed by atoms with Crippen LogP contribution in [0.4, 0.5) is 0 Å². The molecule has 1 fully saturated rings. The summed E-state index contributed by atoms with van der Waals surface area (Å²) in [5.74, 6) is 0.133. The lowest BCUT2D eigenvalue weighted by Crippen LogP contribution is -2.65. The fourth-order valence-corrected chi connectivity index (χ4v) is 2.60. The molecule has 1 amide bonds. The zero-order valence-corrected chi connectivity index (χ0v) is 11.9. The van der Waals surface area contributed by atoms with Crippen LogP contribution in [0.3, 0.4) is 0 Å². The van der Waals surface area contributed by atoms with Gasteiger partial charge in [0.2, 0.25) is 5.91 Å². The average molecular weight is 260 g/mol. The van der Waals surface area contributed by atoms with Crippen LogP contribution in [0, 0.1) is 0 Å². The summed E-state index contributed by atoms with van der Waals surface area (Å²) in [6.07, 6.45) is 4.12. The highest BCUT2D eigenvalue weighted by Gasteiger charge is 2.34. The third-order valence-corrected chi connectivity index (χ3v) is 3.84. The van der Waals surface area contributed by atoms with Crippen molar-refractivity contribution in [2.75, 3.05) is 6.54 Å². The van der Waals surface area contributed by atoms with E-state index in [0.29, 0.717) is 0 Å². The molecule has 1 aromatic rings. The van der Waals surface area contributed by atoms with Gasteiger partial charge in [0, 0.05) is 12.1 Å². The quantitative estimate of drug-likeness (QED) is 0.852. The predicted octanol–water partition coefficient (Wildman–Crippen LogP) is 2.27. The molecule has 0 spiro atoms. The molecular formula is C16H24N2O. The van der Waals surface area contributed by atoms with Crippen molar-refractivity contribution < 1.29 is 4.79 Å². The minimum absolute atomic E-state index is 0.0831. The van der Waals surface area contributed by atoms with Crippen molar-refractivity contribution in [1.82, 2.24) is 10.6 Å². The molecule has 2 atom stereocenters. The number of rotatable bonds is 5. The summed E-state index contributed by atoms with van der Waals surface area (Å²) >= 11 is 0. The van der Waals surface area contributed by atoms with E-state index in [1.807, 2.05) is 18.2 Å². The Morgan fingerprint density at radius 2 is 2.05 bits per heavy atom. The SMILES string of the molecule is CCCCC1(C)CNC(Cc2ccccc2)C(=O)N1. The van der Waals surface area contributed by atoms with E-state index in [4.69, 9.17) is 0 Å². The minimum atomic E-state index is -0.0999. The van der Waals surface area contributed by atoms with Gasteiger partial charge in [0.1, 0.15) is 0 Å². The molecular weight excluding hydrogens is 236 g/mol. The van der Waals surface area contributed by atoms with Gasteiger partial charge in [-0.25, -0.2) is 0 Å². The van der Waals surface area contributed by atoms with E-state index < -0.39 is 0 Å². The first-order chi connectivity index (χ1) is 9.13. The predicted molar refractivity (Wildman–Crippen MR) is 78.0 cm³/mol. The molecule has 0 aromatic heterocycles. The van der Waals surface area contributed by atoms with Crippen molar-refractivity contribution >= 4 is 5.91 Å². The Kier molecular flexibility index (Phi) is 4.59. The number of carbonyl (C=O) groups excluding carboxylic acids is 1. The van der Waals surface area contributed by atoms with E-state index in [2.05, 4.69) is 36.6 Å². The summed E-state index contributed by atoms with van der Waals surface area (Å²) in [4.78, 5) is 12.2. The van der Waals surface area contributed by atoms with Gasteiger partial charge in [0.25, 0.3) is 0 Å². The fraction of sp³-hybridized carbons (Fsp3) is 0.562. The van der Waals surface area contributed by atoms with E-state index in [9.17, 15) is 4.79 Å². The van der Waals surface area contributed by atoms with Crippen molar-refractivity contribution in [3.05, 3.63) is 35.9 Å². The summed E-state index contributed by atoms with van der Waals surface area (Å²) < 4.78 is 0. The zero-order chi connectivity index (χ0) is 13.7. The maximum Gasteiger partial charge on any atom is 0.237 e. The first-order valence-electron chi connectivity index (χ1n) is 7.22. The molecule has 1 aliphatic heterocycles. The van der Waals surface area contributed by atoms with Crippen LogP contribution in [0.5, 0.6) is 0 Å². The number of carbonyl (C=O) groups is 1. The maximum absolute atomic E-state index is 12.2. The van der Waals surface area contributed by atoms with Crippen LogP contribution in [-0.4, -0.2) is 24.0 Å². The van der Waals surface area contributed by atoms with Crippen LogP contribution in [0.15, 0.2) is 30.3 Å². The van der Waals surface area contributed by atoms with Crippen LogP contribution in [0.2, 0.25) is 0 Å². The Labute approximate surface area is 115 Å². The van der Waals surface area contributed by atoms with Crippen molar-refractivity contribution in [1.29, 1.82) is 0 Å². The zero-order valence-electron chi connectivity index (χ0n) is 11.9. The second-order valence-corrected chi connectivity index (χ2v) is 5.78. The molecule has 104 valence electrons. The van der Waals surface area contributed by atoms with Gasteiger partial charge in [-0.05, 0) is 25.3 Å². The van der Waals surface area contributed by atoms with E-state index >= 15 is 0 Å². The van der Waals surface area contributed by atoms with Crippen LogP contribution in [-0.2, 0) is 11.2 Å². The third-order valence-electron chi connectivity index (χ3n) is 3.84. The molecule has 3 heteroatoms. The number of nitrogens with one attached hydrogen (secondary N) is 2. The lowest BCUT2D eigenvalue weighted by molar-refractivity contribution is -0.127. The minimum Gasteiger partial charge on any atom is -0.348 e. The van der Waals surface area contributed by atoms with Crippen LogP contribution >= 0.6 is 0 Å². The number of hydrogen-bond donors (Lipinski definition) is 2.